The van der Waals surface area contributed by atoms with Gasteiger partial charge in [0.2, 0.25) is 5.91 Å². The zero-order valence-electron chi connectivity index (χ0n) is 13.0. The Morgan fingerprint density at radius 1 is 0.955 bits per heavy atom. The SMILES string of the molecule is O=C(C1CCOCC1)N1C[C@H]2CN(c3ccccc3)C[C@@H]2C1. The molecule has 0 bridgehead atoms. The van der Waals surface area contributed by atoms with Crippen LogP contribution in [0.2, 0.25) is 0 Å². The van der Waals surface area contributed by atoms with Crippen molar-refractivity contribution >= 4 is 11.6 Å². The maximum Gasteiger partial charge on any atom is 0.225 e. The van der Waals surface area contributed by atoms with Crippen LogP contribution in [0.3, 0.4) is 0 Å². The topological polar surface area (TPSA) is 32.8 Å². The summed E-state index contributed by atoms with van der Waals surface area (Å²) >= 11 is 0. The lowest BCUT2D eigenvalue weighted by Gasteiger charge is -2.28. The quantitative estimate of drug-likeness (QED) is 0.837. The predicted molar refractivity (Wildman–Crippen MR) is 85.8 cm³/mol. The van der Waals surface area contributed by atoms with Crippen molar-refractivity contribution < 1.29 is 9.53 Å². The summed E-state index contributed by atoms with van der Waals surface area (Å²) in [6.45, 7) is 5.57. The standard InChI is InChI=1S/C18H24N2O2/c21-18(14-6-8-22-9-7-14)20-12-15-10-19(11-16(15)13-20)17-4-2-1-3-5-17/h1-5,14-16H,6-13H2/t15-,16-/m1/s1. The predicted octanol–water partition coefficient (Wildman–Crippen LogP) is 2.01. The Labute approximate surface area is 132 Å². The summed E-state index contributed by atoms with van der Waals surface area (Å²) in [5.41, 5.74) is 1.32. The van der Waals surface area contributed by atoms with Crippen molar-refractivity contribution in [2.75, 3.05) is 44.3 Å². The number of anilines is 1. The van der Waals surface area contributed by atoms with Crippen LogP contribution in [0.5, 0.6) is 0 Å². The summed E-state index contributed by atoms with van der Waals surface area (Å²) in [7, 11) is 0. The Balaban J connectivity index is 1.36. The number of benzene rings is 1. The third-order valence-electron chi connectivity index (χ3n) is 5.49. The van der Waals surface area contributed by atoms with E-state index < -0.39 is 0 Å². The number of hydrogen-bond acceptors (Lipinski definition) is 3. The van der Waals surface area contributed by atoms with E-state index in [0.717, 1.165) is 52.2 Å². The van der Waals surface area contributed by atoms with Crippen LogP contribution < -0.4 is 4.90 Å². The molecule has 3 aliphatic heterocycles. The number of carbonyl (C=O) groups is 1. The molecule has 0 radical (unpaired) electrons. The van der Waals surface area contributed by atoms with Gasteiger partial charge in [0.25, 0.3) is 0 Å². The molecule has 1 aromatic carbocycles. The molecule has 4 rings (SSSR count). The van der Waals surface area contributed by atoms with Crippen LogP contribution in [0, 0.1) is 17.8 Å². The van der Waals surface area contributed by atoms with E-state index in [-0.39, 0.29) is 5.92 Å². The second-order valence-corrected chi connectivity index (χ2v) is 6.89. The van der Waals surface area contributed by atoms with Gasteiger partial charge in [0.15, 0.2) is 0 Å². The maximum absolute atomic E-state index is 12.6. The van der Waals surface area contributed by atoms with Crippen molar-refractivity contribution in [1.29, 1.82) is 0 Å². The van der Waals surface area contributed by atoms with Crippen LogP contribution >= 0.6 is 0 Å². The molecule has 22 heavy (non-hydrogen) atoms. The smallest absolute Gasteiger partial charge is 0.225 e. The van der Waals surface area contributed by atoms with E-state index in [2.05, 4.69) is 40.1 Å². The number of hydrogen-bond donors (Lipinski definition) is 0. The first-order valence-corrected chi connectivity index (χ1v) is 8.48. The molecule has 3 heterocycles. The third-order valence-corrected chi connectivity index (χ3v) is 5.49. The molecule has 0 aromatic heterocycles. The average molecular weight is 300 g/mol. The summed E-state index contributed by atoms with van der Waals surface area (Å²) in [4.78, 5) is 17.3. The molecule has 4 nitrogen and oxygen atoms in total. The van der Waals surface area contributed by atoms with E-state index in [9.17, 15) is 4.79 Å². The molecule has 2 atom stereocenters. The fraction of sp³-hybridized carbons (Fsp3) is 0.611. The molecule has 3 fully saturated rings. The van der Waals surface area contributed by atoms with Crippen molar-refractivity contribution in [2.24, 2.45) is 17.8 Å². The highest BCUT2D eigenvalue weighted by Gasteiger charge is 2.42. The zero-order chi connectivity index (χ0) is 14.9. The van der Waals surface area contributed by atoms with Gasteiger partial charge < -0.3 is 14.5 Å². The molecule has 3 saturated heterocycles. The molecule has 3 aliphatic rings. The van der Waals surface area contributed by atoms with Crippen LogP contribution in [0.4, 0.5) is 5.69 Å². The molecule has 4 heteroatoms. The Kier molecular flexibility index (Phi) is 3.78. The molecule has 118 valence electrons. The van der Waals surface area contributed by atoms with Crippen molar-refractivity contribution in [2.45, 2.75) is 12.8 Å². The highest BCUT2D eigenvalue weighted by Crippen LogP contribution is 2.35. The van der Waals surface area contributed by atoms with Crippen molar-refractivity contribution in [3.63, 3.8) is 0 Å². The lowest BCUT2D eigenvalue weighted by atomic mass is 9.99. The van der Waals surface area contributed by atoms with E-state index in [1.807, 2.05) is 0 Å². The van der Waals surface area contributed by atoms with Crippen molar-refractivity contribution in [3.8, 4) is 0 Å². The minimum Gasteiger partial charge on any atom is -0.381 e. The largest absolute Gasteiger partial charge is 0.381 e. The number of amides is 1. The third kappa shape index (κ3) is 2.60. The second kappa shape index (κ2) is 5.92. The van der Waals surface area contributed by atoms with Crippen molar-refractivity contribution in [3.05, 3.63) is 30.3 Å². The first kappa shape index (κ1) is 14.1. The van der Waals surface area contributed by atoms with Gasteiger partial charge in [0.05, 0.1) is 0 Å². The molecule has 1 amide bonds. The Hall–Kier alpha value is -1.55. The second-order valence-electron chi connectivity index (χ2n) is 6.89. The van der Waals surface area contributed by atoms with Gasteiger partial charge in [-0.25, -0.2) is 0 Å². The minimum atomic E-state index is 0.206. The highest BCUT2D eigenvalue weighted by atomic mass is 16.5. The summed E-state index contributed by atoms with van der Waals surface area (Å²) in [5, 5.41) is 0. The van der Waals surface area contributed by atoms with Gasteiger partial charge in [-0.3, -0.25) is 4.79 Å². The number of carbonyl (C=O) groups excluding carboxylic acids is 1. The highest BCUT2D eigenvalue weighted by molar-refractivity contribution is 5.79. The first-order chi connectivity index (χ1) is 10.8. The van der Waals surface area contributed by atoms with Crippen LogP contribution in [-0.2, 0) is 9.53 Å². The molecule has 0 N–H and O–H groups in total. The normalized spacial score (nSPS) is 28.9. The Bertz CT molecular complexity index is 513. The molecule has 0 saturated carbocycles. The van der Waals surface area contributed by atoms with Gasteiger partial charge >= 0.3 is 0 Å². The van der Waals surface area contributed by atoms with Gasteiger partial charge in [-0.15, -0.1) is 0 Å². The van der Waals surface area contributed by atoms with Crippen LogP contribution in [0.15, 0.2) is 30.3 Å². The lowest BCUT2D eigenvalue weighted by molar-refractivity contribution is -0.137. The van der Waals surface area contributed by atoms with Crippen LogP contribution in [0.25, 0.3) is 0 Å². The van der Waals surface area contributed by atoms with Gasteiger partial charge in [0, 0.05) is 62.8 Å². The van der Waals surface area contributed by atoms with Gasteiger partial charge in [-0.1, -0.05) is 18.2 Å². The summed E-state index contributed by atoms with van der Waals surface area (Å²) < 4.78 is 5.37. The van der Waals surface area contributed by atoms with Crippen molar-refractivity contribution in [1.82, 2.24) is 4.90 Å². The van der Waals surface area contributed by atoms with E-state index in [4.69, 9.17) is 4.74 Å². The van der Waals surface area contributed by atoms with Crippen LogP contribution in [0.1, 0.15) is 12.8 Å². The molecule has 0 spiro atoms. The number of ether oxygens (including phenoxy) is 1. The number of fused-ring (bicyclic) bond motifs is 1. The lowest BCUT2D eigenvalue weighted by Crippen LogP contribution is -2.39. The van der Waals surface area contributed by atoms with Gasteiger partial charge in [0.1, 0.15) is 0 Å². The monoisotopic (exact) mass is 300 g/mol. The fourth-order valence-electron chi connectivity index (χ4n) is 4.23. The molecule has 0 aliphatic carbocycles. The molecular formula is C18H24N2O2. The Morgan fingerprint density at radius 3 is 2.23 bits per heavy atom. The van der Waals surface area contributed by atoms with E-state index in [0.29, 0.717) is 17.7 Å². The molecular weight excluding hydrogens is 276 g/mol. The minimum absolute atomic E-state index is 0.206. The van der Waals surface area contributed by atoms with Gasteiger partial charge in [-0.05, 0) is 25.0 Å². The number of nitrogens with zero attached hydrogens (tertiary/aromatic N) is 2. The van der Waals surface area contributed by atoms with E-state index in [1.165, 1.54) is 5.69 Å². The summed E-state index contributed by atoms with van der Waals surface area (Å²) in [6.07, 6.45) is 1.81. The Morgan fingerprint density at radius 2 is 1.59 bits per heavy atom. The first-order valence-electron chi connectivity index (χ1n) is 8.48. The number of rotatable bonds is 2. The zero-order valence-corrected chi connectivity index (χ0v) is 13.0. The molecule has 1 aromatic rings. The molecule has 0 unspecified atom stereocenters. The number of para-hydroxylation sites is 1. The summed E-state index contributed by atoms with van der Waals surface area (Å²) in [6, 6.07) is 10.6. The summed E-state index contributed by atoms with van der Waals surface area (Å²) in [5.74, 6) is 1.87. The fourth-order valence-corrected chi connectivity index (χ4v) is 4.23. The van der Waals surface area contributed by atoms with E-state index in [1.54, 1.807) is 0 Å². The average Bonchev–Trinajstić information content (AvgIpc) is 3.15. The van der Waals surface area contributed by atoms with E-state index >= 15 is 0 Å². The van der Waals surface area contributed by atoms with Crippen LogP contribution in [-0.4, -0.2) is 50.2 Å². The maximum atomic E-state index is 12.6. The van der Waals surface area contributed by atoms with Gasteiger partial charge in [-0.2, -0.15) is 0 Å². The number of likely N-dealkylation sites (tertiary alicyclic amines) is 1.